The van der Waals surface area contributed by atoms with Gasteiger partial charge in [-0.3, -0.25) is 0 Å². The van der Waals surface area contributed by atoms with Crippen molar-refractivity contribution >= 4 is 11.9 Å². The van der Waals surface area contributed by atoms with Crippen molar-refractivity contribution in [1.29, 1.82) is 0 Å². The van der Waals surface area contributed by atoms with E-state index in [1.165, 1.54) is 17.3 Å². The normalized spacial score (nSPS) is 19.0. The molecule has 0 spiro atoms. The Balaban J connectivity index is 1.98. The van der Waals surface area contributed by atoms with Gasteiger partial charge in [0.15, 0.2) is 0 Å². The highest BCUT2D eigenvalue weighted by Gasteiger charge is 2.26. The van der Waals surface area contributed by atoms with Gasteiger partial charge in [-0.15, -0.1) is 0 Å². The summed E-state index contributed by atoms with van der Waals surface area (Å²) in [5.41, 5.74) is 5.71. The molecule has 0 amide bonds. The molecule has 1 aliphatic heterocycles. The lowest BCUT2D eigenvalue weighted by Crippen LogP contribution is -2.34. The maximum Gasteiger partial charge on any atom is 0.258 e. The van der Waals surface area contributed by atoms with Gasteiger partial charge in [-0.1, -0.05) is 0 Å². The van der Waals surface area contributed by atoms with Gasteiger partial charge in [0.2, 0.25) is 11.9 Å². The Hall–Kier alpha value is -2.29. The Morgan fingerprint density at radius 1 is 1.32 bits per heavy atom. The van der Waals surface area contributed by atoms with Crippen molar-refractivity contribution in [1.82, 2.24) is 29.7 Å². The van der Waals surface area contributed by atoms with Crippen molar-refractivity contribution in [2.45, 2.75) is 18.9 Å². The first-order chi connectivity index (χ1) is 9.28. The molecule has 1 aliphatic rings. The molecule has 100 valence electrons. The fourth-order valence-electron chi connectivity index (χ4n) is 2.20. The van der Waals surface area contributed by atoms with E-state index >= 15 is 0 Å². The summed E-state index contributed by atoms with van der Waals surface area (Å²) in [5.74, 6) is 0.914. The number of hydrogen-bond acceptors (Lipinski definition) is 8. The second-order valence-electron chi connectivity index (χ2n) is 4.31. The number of nitrogens with two attached hydrogens (primary N) is 1. The van der Waals surface area contributed by atoms with Gasteiger partial charge in [0.25, 0.3) is 5.95 Å². The molecule has 0 bridgehead atoms. The molecule has 1 fully saturated rings. The Morgan fingerprint density at radius 2 is 2.16 bits per heavy atom. The zero-order chi connectivity index (χ0) is 13.2. The van der Waals surface area contributed by atoms with Crippen LogP contribution in [0.4, 0.5) is 11.9 Å². The van der Waals surface area contributed by atoms with Crippen molar-refractivity contribution < 1.29 is 5.11 Å². The fraction of sp³-hybridized carbons (Fsp3) is 0.500. The summed E-state index contributed by atoms with van der Waals surface area (Å²) in [4.78, 5) is 18.3. The summed E-state index contributed by atoms with van der Waals surface area (Å²) >= 11 is 0. The van der Waals surface area contributed by atoms with E-state index in [1.807, 2.05) is 4.90 Å². The number of aromatic nitrogens is 6. The molecule has 9 heteroatoms. The van der Waals surface area contributed by atoms with Crippen molar-refractivity contribution in [2.24, 2.45) is 0 Å². The van der Waals surface area contributed by atoms with Crippen LogP contribution in [0.15, 0.2) is 12.7 Å². The highest BCUT2D eigenvalue weighted by molar-refractivity contribution is 5.39. The molecule has 0 radical (unpaired) electrons. The van der Waals surface area contributed by atoms with Crippen molar-refractivity contribution in [2.75, 3.05) is 23.8 Å². The molecule has 19 heavy (non-hydrogen) atoms. The second kappa shape index (κ2) is 4.76. The lowest BCUT2D eigenvalue weighted by molar-refractivity contribution is 0.265. The van der Waals surface area contributed by atoms with Crippen LogP contribution in [0.1, 0.15) is 12.8 Å². The lowest BCUT2D eigenvalue weighted by Gasteiger charge is -2.22. The molecule has 0 aliphatic carbocycles. The van der Waals surface area contributed by atoms with Crippen LogP contribution >= 0.6 is 0 Å². The zero-order valence-electron chi connectivity index (χ0n) is 10.2. The minimum absolute atomic E-state index is 0.0328. The summed E-state index contributed by atoms with van der Waals surface area (Å²) in [7, 11) is 0. The van der Waals surface area contributed by atoms with Crippen LogP contribution in [-0.4, -0.2) is 54.0 Å². The number of hydrogen-bond donors (Lipinski definition) is 2. The van der Waals surface area contributed by atoms with Gasteiger partial charge in [-0.2, -0.15) is 24.7 Å². The molecule has 2 aromatic rings. The predicted molar refractivity (Wildman–Crippen MR) is 66.6 cm³/mol. The molecule has 1 saturated heterocycles. The minimum atomic E-state index is 0.0328. The first-order valence-corrected chi connectivity index (χ1v) is 6.02. The highest BCUT2D eigenvalue weighted by Crippen LogP contribution is 2.22. The molecular formula is C10H14N8O. The maximum atomic E-state index is 9.35. The van der Waals surface area contributed by atoms with E-state index in [4.69, 9.17) is 5.73 Å². The van der Waals surface area contributed by atoms with Crippen LogP contribution < -0.4 is 10.6 Å². The molecule has 3 heterocycles. The number of nitrogen functional groups attached to an aromatic ring is 1. The summed E-state index contributed by atoms with van der Waals surface area (Å²) in [5, 5.41) is 13.3. The molecular weight excluding hydrogens is 248 g/mol. The third-order valence-electron chi connectivity index (χ3n) is 3.10. The summed E-state index contributed by atoms with van der Waals surface area (Å²) in [6.45, 7) is 0.871. The van der Waals surface area contributed by atoms with Crippen molar-refractivity contribution in [3.05, 3.63) is 12.7 Å². The van der Waals surface area contributed by atoms with Crippen LogP contribution in [-0.2, 0) is 0 Å². The highest BCUT2D eigenvalue weighted by atomic mass is 16.3. The van der Waals surface area contributed by atoms with Crippen LogP contribution in [0.5, 0.6) is 0 Å². The van der Waals surface area contributed by atoms with Crippen molar-refractivity contribution in [3.8, 4) is 5.95 Å². The standard InChI is InChI=1S/C10H14N8O/c11-8-14-9(17-3-1-2-7(17)4-19)16-10(15-8)18-6-12-5-13-18/h5-7,19H,1-4H2,(H2,11,14,15,16). The van der Waals surface area contributed by atoms with Crippen LogP contribution in [0.2, 0.25) is 0 Å². The molecule has 3 rings (SSSR count). The van der Waals surface area contributed by atoms with E-state index in [9.17, 15) is 5.11 Å². The summed E-state index contributed by atoms with van der Waals surface area (Å²) < 4.78 is 1.42. The topological polar surface area (TPSA) is 119 Å². The average Bonchev–Trinajstić information content (AvgIpc) is 3.09. The quantitative estimate of drug-likeness (QED) is 0.722. The lowest BCUT2D eigenvalue weighted by atomic mass is 10.2. The Labute approximate surface area is 109 Å². The smallest absolute Gasteiger partial charge is 0.258 e. The van der Waals surface area contributed by atoms with Gasteiger partial charge in [0.05, 0.1) is 12.6 Å². The fourth-order valence-corrected chi connectivity index (χ4v) is 2.20. The van der Waals surface area contributed by atoms with E-state index in [2.05, 4.69) is 25.0 Å². The third kappa shape index (κ3) is 2.19. The minimum Gasteiger partial charge on any atom is -0.394 e. The summed E-state index contributed by atoms with van der Waals surface area (Å²) in [6, 6.07) is 0.0328. The van der Waals surface area contributed by atoms with Crippen LogP contribution in [0.3, 0.4) is 0 Å². The zero-order valence-corrected chi connectivity index (χ0v) is 10.2. The first-order valence-electron chi connectivity index (χ1n) is 6.02. The molecule has 0 saturated carbocycles. The molecule has 2 aromatic heterocycles. The van der Waals surface area contributed by atoms with E-state index in [0.717, 1.165) is 19.4 Å². The third-order valence-corrected chi connectivity index (χ3v) is 3.10. The molecule has 9 nitrogen and oxygen atoms in total. The molecule has 0 aromatic carbocycles. The van der Waals surface area contributed by atoms with E-state index in [0.29, 0.717) is 11.9 Å². The second-order valence-corrected chi connectivity index (χ2v) is 4.31. The maximum absolute atomic E-state index is 9.35. The number of aliphatic hydroxyl groups excluding tert-OH is 1. The number of anilines is 2. The van der Waals surface area contributed by atoms with E-state index in [1.54, 1.807) is 0 Å². The van der Waals surface area contributed by atoms with Gasteiger partial charge in [-0.05, 0) is 12.8 Å². The molecule has 1 unspecified atom stereocenters. The van der Waals surface area contributed by atoms with Crippen LogP contribution in [0.25, 0.3) is 5.95 Å². The number of nitrogens with zero attached hydrogens (tertiary/aromatic N) is 7. The largest absolute Gasteiger partial charge is 0.394 e. The van der Waals surface area contributed by atoms with Gasteiger partial charge < -0.3 is 15.7 Å². The van der Waals surface area contributed by atoms with Gasteiger partial charge in [-0.25, -0.2) is 4.98 Å². The number of aliphatic hydroxyl groups is 1. The molecule has 3 N–H and O–H groups in total. The molecule has 1 atom stereocenters. The Morgan fingerprint density at radius 3 is 2.89 bits per heavy atom. The SMILES string of the molecule is Nc1nc(N2CCCC2CO)nc(-n2cncn2)n1. The van der Waals surface area contributed by atoms with Gasteiger partial charge >= 0.3 is 0 Å². The van der Waals surface area contributed by atoms with E-state index in [-0.39, 0.29) is 18.6 Å². The van der Waals surface area contributed by atoms with Crippen LogP contribution in [0, 0.1) is 0 Å². The van der Waals surface area contributed by atoms with Gasteiger partial charge in [0.1, 0.15) is 12.7 Å². The Kier molecular flexibility index (Phi) is 2.95. The van der Waals surface area contributed by atoms with Crippen molar-refractivity contribution in [3.63, 3.8) is 0 Å². The average molecular weight is 262 g/mol. The summed E-state index contributed by atoms with van der Waals surface area (Å²) in [6.07, 6.45) is 4.80. The Bertz CT molecular complexity index is 557. The van der Waals surface area contributed by atoms with Gasteiger partial charge in [0, 0.05) is 6.54 Å². The van der Waals surface area contributed by atoms with E-state index < -0.39 is 0 Å². The predicted octanol–water partition coefficient (Wildman–Crippen LogP) is -1.00. The number of rotatable bonds is 3. The monoisotopic (exact) mass is 262 g/mol. The first kappa shape index (κ1) is 11.8.